The second-order valence-electron chi connectivity index (χ2n) is 12.7. The van der Waals surface area contributed by atoms with Crippen LogP contribution in [0.5, 0.6) is 0 Å². The van der Waals surface area contributed by atoms with E-state index >= 15 is 0 Å². The van der Waals surface area contributed by atoms with Crippen LogP contribution in [0, 0.1) is 22.7 Å². The Kier molecular flexibility index (Phi) is 7.00. The second-order valence-corrected chi connectivity index (χ2v) is 12.7. The molecular formula is C45H25F3N4. The number of fused-ring (bicyclic) bond motifs is 6. The fourth-order valence-corrected chi connectivity index (χ4v) is 7.47. The number of nitrogens with zero attached hydrogens (tertiary/aromatic N) is 4. The molecule has 246 valence electrons. The molecular weight excluding hydrogens is 654 g/mol. The van der Waals surface area contributed by atoms with Crippen LogP contribution in [0.1, 0.15) is 16.7 Å². The molecule has 0 spiro atoms. The van der Waals surface area contributed by atoms with Crippen molar-refractivity contribution in [3.05, 3.63) is 168 Å². The lowest BCUT2D eigenvalue weighted by molar-refractivity contribution is -0.137. The van der Waals surface area contributed by atoms with Gasteiger partial charge in [-0.2, -0.15) is 23.7 Å². The molecule has 7 heteroatoms. The van der Waals surface area contributed by atoms with Crippen LogP contribution in [0.25, 0.3) is 77.2 Å². The summed E-state index contributed by atoms with van der Waals surface area (Å²) in [5.41, 5.74) is 7.34. The highest BCUT2D eigenvalue weighted by Crippen LogP contribution is 2.42. The number of para-hydroxylation sites is 2. The van der Waals surface area contributed by atoms with E-state index in [2.05, 4.69) is 83.4 Å². The lowest BCUT2D eigenvalue weighted by Crippen LogP contribution is -2.09. The van der Waals surface area contributed by atoms with Crippen molar-refractivity contribution in [3.63, 3.8) is 0 Å². The van der Waals surface area contributed by atoms with E-state index in [-0.39, 0.29) is 16.8 Å². The van der Waals surface area contributed by atoms with Gasteiger partial charge in [-0.3, -0.25) is 0 Å². The summed E-state index contributed by atoms with van der Waals surface area (Å²) in [6.07, 6.45) is -4.71. The van der Waals surface area contributed by atoms with Crippen molar-refractivity contribution in [2.45, 2.75) is 6.18 Å². The molecule has 0 saturated carbocycles. The first kappa shape index (κ1) is 30.9. The van der Waals surface area contributed by atoms with Gasteiger partial charge in [0.15, 0.2) is 0 Å². The van der Waals surface area contributed by atoms with Gasteiger partial charge in [0.2, 0.25) is 0 Å². The second kappa shape index (κ2) is 11.8. The zero-order valence-electron chi connectivity index (χ0n) is 27.4. The Hall–Kier alpha value is -7.09. The van der Waals surface area contributed by atoms with Crippen LogP contribution in [-0.4, -0.2) is 9.13 Å². The molecule has 0 amide bonds. The van der Waals surface area contributed by atoms with E-state index in [0.29, 0.717) is 11.0 Å². The zero-order valence-corrected chi connectivity index (χ0v) is 27.4. The monoisotopic (exact) mass is 678 g/mol. The molecule has 0 radical (unpaired) electrons. The van der Waals surface area contributed by atoms with Crippen LogP contribution >= 0.6 is 0 Å². The van der Waals surface area contributed by atoms with Crippen molar-refractivity contribution in [2.75, 3.05) is 0 Å². The summed E-state index contributed by atoms with van der Waals surface area (Å²) in [7, 11) is 0. The van der Waals surface area contributed by atoms with Gasteiger partial charge in [0, 0.05) is 27.2 Å². The smallest absolute Gasteiger partial charge is 0.309 e. The standard InChI is InChI=1S/C45H25F3N4/c46-45(47,48)34-21-32(26-49)44(33(22-34)27-50)52-41-16-7-5-14-37(41)39-24-42-38(25-43(39)52)36-13-4-6-15-40(36)51(42)35-12-8-11-31(23-35)30-19-17-29(18-20-30)28-9-2-1-3-10-28/h1-25H. The highest BCUT2D eigenvalue weighted by Gasteiger charge is 2.33. The summed E-state index contributed by atoms with van der Waals surface area (Å²) in [5, 5.41) is 23.9. The van der Waals surface area contributed by atoms with Gasteiger partial charge < -0.3 is 9.13 Å². The predicted molar refractivity (Wildman–Crippen MR) is 200 cm³/mol. The molecule has 52 heavy (non-hydrogen) atoms. The predicted octanol–water partition coefficient (Wildman–Crippen LogP) is 12.0. The van der Waals surface area contributed by atoms with E-state index in [4.69, 9.17) is 0 Å². The first-order valence-corrected chi connectivity index (χ1v) is 16.6. The molecule has 0 bridgehead atoms. The molecule has 7 aromatic carbocycles. The summed E-state index contributed by atoms with van der Waals surface area (Å²) < 4.78 is 45.5. The molecule has 0 aliphatic rings. The SMILES string of the molecule is N#Cc1cc(C(F)(F)F)cc(C#N)c1-n1c2ccccc2c2cc3c(cc21)c1ccccc1n3-c1cccc(-c2ccc(-c3ccccc3)cc2)c1. The Morgan fingerprint density at radius 1 is 0.423 bits per heavy atom. The molecule has 2 heterocycles. The maximum atomic E-state index is 13.8. The molecule has 9 rings (SSSR count). The first-order valence-electron chi connectivity index (χ1n) is 16.6. The maximum absolute atomic E-state index is 13.8. The number of hydrogen-bond donors (Lipinski definition) is 0. The molecule has 0 aliphatic heterocycles. The highest BCUT2D eigenvalue weighted by atomic mass is 19.4. The number of aromatic nitrogens is 2. The number of nitriles is 2. The average Bonchev–Trinajstić information content (AvgIpc) is 3.68. The van der Waals surface area contributed by atoms with Crippen molar-refractivity contribution in [1.29, 1.82) is 10.5 Å². The van der Waals surface area contributed by atoms with E-state index in [9.17, 15) is 23.7 Å². The average molecular weight is 679 g/mol. The number of rotatable bonds is 4. The van der Waals surface area contributed by atoms with E-state index in [0.717, 1.165) is 72.7 Å². The van der Waals surface area contributed by atoms with Crippen LogP contribution < -0.4 is 0 Å². The lowest BCUT2D eigenvalue weighted by atomic mass is 10.00. The van der Waals surface area contributed by atoms with Crippen LogP contribution in [0.4, 0.5) is 13.2 Å². The van der Waals surface area contributed by atoms with Gasteiger partial charge in [0.25, 0.3) is 0 Å². The first-order chi connectivity index (χ1) is 25.3. The fraction of sp³-hybridized carbons (Fsp3) is 0.0222. The van der Waals surface area contributed by atoms with Gasteiger partial charge in [-0.1, -0.05) is 103 Å². The minimum atomic E-state index is -4.71. The molecule has 2 aromatic heterocycles. The van der Waals surface area contributed by atoms with E-state index in [1.165, 1.54) is 0 Å². The van der Waals surface area contributed by atoms with Crippen molar-refractivity contribution in [3.8, 4) is 45.8 Å². The van der Waals surface area contributed by atoms with E-state index in [1.807, 2.05) is 72.8 Å². The van der Waals surface area contributed by atoms with Crippen LogP contribution in [0.3, 0.4) is 0 Å². The van der Waals surface area contributed by atoms with Crippen LogP contribution in [-0.2, 0) is 6.18 Å². The Labute approximate surface area is 296 Å². The molecule has 9 aromatic rings. The topological polar surface area (TPSA) is 57.4 Å². The normalized spacial score (nSPS) is 11.7. The van der Waals surface area contributed by atoms with Crippen LogP contribution in [0.15, 0.2) is 152 Å². The third-order valence-corrected chi connectivity index (χ3v) is 9.80. The molecule has 0 N–H and O–H groups in total. The number of hydrogen-bond acceptors (Lipinski definition) is 2. The largest absolute Gasteiger partial charge is 0.416 e. The summed E-state index contributed by atoms with van der Waals surface area (Å²) in [6.45, 7) is 0. The molecule has 0 fully saturated rings. The van der Waals surface area contributed by atoms with Crippen molar-refractivity contribution >= 4 is 43.6 Å². The third kappa shape index (κ3) is 4.83. The van der Waals surface area contributed by atoms with Crippen molar-refractivity contribution in [2.24, 2.45) is 0 Å². The van der Waals surface area contributed by atoms with Gasteiger partial charge in [0.1, 0.15) is 12.1 Å². The van der Waals surface area contributed by atoms with Gasteiger partial charge in [-0.15, -0.1) is 0 Å². The number of alkyl halides is 3. The van der Waals surface area contributed by atoms with Gasteiger partial charge in [-0.25, -0.2) is 0 Å². The zero-order chi connectivity index (χ0) is 35.6. The van der Waals surface area contributed by atoms with Crippen molar-refractivity contribution in [1.82, 2.24) is 9.13 Å². The molecule has 0 unspecified atom stereocenters. The minimum Gasteiger partial charge on any atom is -0.309 e. The Morgan fingerprint density at radius 3 is 1.48 bits per heavy atom. The maximum Gasteiger partial charge on any atom is 0.416 e. The summed E-state index contributed by atoms with van der Waals surface area (Å²) in [5.74, 6) is 0. The molecule has 0 saturated heterocycles. The molecule has 0 aliphatic carbocycles. The van der Waals surface area contributed by atoms with E-state index in [1.54, 1.807) is 4.57 Å². The lowest BCUT2D eigenvalue weighted by Gasteiger charge is -2.15. The Balaban J connectivity index is 1.29. The summed E-state index contributed by atoms with van der Waals surface area (Å²) >= 11 is 0. The quantitative estimate of drug-likeness (QED) is 0.186. The Bertz CT molecular complexity index is 2920. The third-order valence-electron chi connectivity index (χ3n) is 9.80. The summed E-state index contributed by atoms with van der Waals surface area (Å²) in [6, 6.07) is 52.6. The number of benzene rings is 7. The van der Waals surface area contributed by atoms with Crippen molar-refractivity contribution < 1.29 is 13.2 Å². The Morgan fingerprint density at radius 2 is 0.904 bits per heavy atom. The van der Waals surface area contributed by atoms with Crippen LogP contribution in [0.2, 0.25) is 0 Å². The molecule has 4 nitrogen and oxygen atoms in total. The van der Waals surface area contributed by atoms with Gasteiger partial charge >= 0.3 is 6.18 Å². The number of halogens is 3. The highest BCUT2D eigenvalue weighted by molar-refractivity contribution is 6.19. The summed E-state index contributed by atoms with van der Waals surface area (Å²) in [4.78, 5) is 0. The van der Waals surface area contributed by atoms with E-state index < -0.39 is 11.7 Å². The van der Waals surface area contributed by atoms with Gasteiger partial charge in [-0.05, 0) is 70.8 Å². The fourth-order valence-electron chi connectivity index (χ4n) is 7.47. The molecule has 0 atom stereocenters. The minimum absolute atomic E-state index is 0.123. The van der Waals surface area contributed by atoms with Gasteiger partial charge in [0.05, 0.1) is 44.4 Å².